The number of hydrogen-bond acceptors (Lipinski definition) is 11. The van der Waals surface area contributed by atoms with Crippen molar-refractivity contribution in [2.45, 2.75) is 282 Å². The lowest BCUT2D eigenvalue weighted by Gasteiger charge is -2.45. The molecule has 11 nitrogen and oxygen atoms in total. The molecule has 3 N–H and O–H groups in total. The number of hydrogen-bond donors (Lipinski definition) is 3. The molecule has 0 bridgehead atoms. The van der Waals surface area contributed by atoms with Gasteiger partial charge in [-0.05, 0) is 32.1 Å². The van der Waals surface area contributed by atoms with Crippen molar-refractivity contribution in [3.05, 3.63) is 0 Å². The lowest BCUT2D eigenvalue weighted by atomic mass is 9.98. The predicted molar refractivity (Wildman–Crippen MR) is 254 cm³/mol. The summed E-state index contributed by atoms with van der Waals surface area (Å²) in [6.07, 6.45) is 26.2. The Bertz CT molecular complexity index is 992. The van der Waals surface area contributed by atoms with Gasteiger partial charge < -0.3 is 53.2 Å². The largest absolute Gasteiger partial charge is 0.394 e. The summed E-state index contributed by atoms with van der Waals surface area (Å²) in [5.74, 6) is -1.52. The molecule has 2 aliphatic rings. The van der Waals surface area contributed by atoms with Gasteiger partial charge in [-0.3, -0.25) is 0 Å². The SMILES string of the molecule is CCCCCCCCOC[C@H]1O[C@@](COCCCCCCCC)(O[C@H]2O[C@H](CO)[C@@H](O)[C@H](O)[C@H]2OCCCCCCCC)[C@@H](OCCCCCCCC)[C@@H]1OCCCCCCCC. The second kappa shape index (κ2) is 39.5. The van der Waals surface area contributed by atoms with Gasteiger partial charge in [0.15, 0.2) is 6.29 Å². The van der Waals surface area contributed by atoms with E-state index in [1.807, 2.05) is 0 Å². The molecule has 9 atom stereocenters. The lowest BCUT2D eigenvalue weighted by Crippen LogP contribution is -2.63. The van der Waals surface area contributed by atoms with Crippen molar-refractivity contribution < 1.29 is 53.2 Å². The molecule has 0 saturated carbocycles. The highest BCUT2D eigenvalue weighted by Crippen LogP contribution is 2.41. The highest BCUT2D eigenvalue weighted by atomic mass is 16.8. The minimum absolute atomic E-state index is 0.0420. The third-order valence-corrected chi connectivity index (χ3v) is 12.9. The molecule has 0 aliphatic carbocycles. The first-order valence-electron chi connectivity index (χ1n) is 26.9. The zero-order chi connectivity index (χ0) is 45.6. The Balaban J connectivity index is 2.47. The van der Waals surface area contributed by atoms with Crippen molar-refractivity contribution in [3.8, 4) is 0 Å². The third-order valence-electron chi connectivity index (χ3n) is 12.9. The summed E-state index contributed by atoms with van der Waals surface area (Å²) in [4.78, 5) is 0. The normalized spacial score (nSPS) is 26.3. The van der Waals surface area contributed by atoms with Gasteiger partial charge in [-0.2, -0.15) is 0 Å². The van der Waals surface area contributed by atoms with E-state index in [0.29, 0.717) is 39.6 Å². The Kier molecular flexibility index (Phi) is 36.8. The van der Waals surface area contributed by atoms with E-state index >= 15 is 0 Å². The zero-order valence-electron chi connectivity index (χ0n) is 41.6. The molecule has 376 valence electrons. The van der Waals surface area contributed by atoms with Crippen LogP contribution in [0.4, 0.5) is 0 Å². The van der Waals surface area contributed by atoms with Crippen molar-refractivity contribution in [2.24, 2.45) is 0 Å². The fraction of sp³-hybridized carbons (Fsp3) is 1.00. The van der Waals surface area contributed by atoms with Gasteiger partial charge in [0, 0.05) is 33.0 Å². The Morgan fingerprint density at radius 3 is 1.29 bits per heavy atom. The highest BCUT2D eigenvalue weighted by molar-refractivity contribution is 5.01. The lowest BCUT2D eigenvalue weighted by molar-refractivity contribution is -0.391. The fourth-order valence-corrected chi connectivity index (χ4v) is 8.83. The number of rotatable bonds is 45. The average Bonchev–Trinajstić information content (AvgIpc) is 3.57. The summed E-state index contributed by atoms with van der Waals surface area (Å²) in [7, 11) is 0. The first kappa shape index (κ1) is 58.7. The molecule has 0 spiro atoms. The number of ether oxygens (including phenoxy) is 8. The van der Waals surface area contributed by atoms with Crippen molar-refractivity contribution in [3.63, 3.8) is 0 Å². The maximum absolute atomic E-state index is 11.6. The smallest absolute Gasteiger partial charge is 0.224 e. The van der Waals surface area contributed by atoms with Crippen LogP contribution >= 0.6 is 0 Å². The van der Waals surface area contributed by atoms with E-state index in [2.05, 4.69) is 34.6 Å². The highest BCUT2D eigenvalue weighted by Gasteiger charge is 2.61. The Labute approximate surface area is 387 Å². The van der Waals surface area contributed by atoms with Gasteiger partial charge in [0.25, 0.3) is 0 Å². The van der Waals surface area contributed by atoms with Gasteiger partial charge in [-0.1, -0.05) is 195 Å². The van der Waals surface area contributed by atoms with Crippen LogP contribution in [0.5, 0.6) is 0 Å². The van der Waals surface area contributed by atoms with Crippen LogP contribution in [0.3, 0.4) is 0 Å². The van der Waals surface area contributed by atoms with E-state index in [4.69, 9.17) is 37.9 Å². The van der Waals surface area contributed by atoms with E-state index < -0.39 is 61.4 Å². The number of aliphatic hydroxyl groups excluding tert-OH is 3. The summed E-state index contributed by atoms with van der Waals surface area (Å²) < 4.78 is 53.6. The predicted octanol–water partition coefficient (Wildman–Crippen LogP) is 11.5. The molecule has 2 heterocycles. The Morgan fingerprint density at radius 1 is 0.429 bits per heavy atom. The van der Waals surface area contributed by atoms with Gasteiger partial charge in [0.2, 0.25) is 5.79 Å². The van der Waals surface area contributed by atoms with Gasteiger partial charge in [0.05, 0.1) is 13.2 Å². The molecule has 0 unspecified atom stereocenters. The average molecular weight is 903 g/mol. The summed E-state index contributed by atoms with van der Waals surface area (Å²) in [6.45, 7) is 13.6. The quantitative estimate of drug-likeness (QED) is 0.0504. The molecule has 11 heteroatoms. The summed E-state index contributed by atoms with van der Waals surface area (Å²) >= 11 is 0. The molecule has 0 radical (unpaired) electrons. The molecule has 0 aromatic rings. The minimum Gasteiger partial charge on any atom is -0.394 e. The fourth-order valence-electron chi connectivity index (χ4n) is 8.83. The molecule has 0 amide bonds. The van der Waals surface area contributed by atoms with Crippen LogP contribution in [-0.2, 0) is 37.9 Å². The summed E-state index contributed by atoms with van der Waals surface area (Å²) in [5, 5.41) is 33.0. The molecule has 2 saturated heterocycles. The van der Waals surface area contributed by atoms with E-state index in [1.54, 1.807) is 0 Å². The van der Waals surface area contributed by atoms with Crippen LogP contribution in [0.15, 0.2) is 0 Å². The van der Waals surface area contributed by atoms with Gasteiger partial charge in [-0.15, -0.1) is 0 Å². The van der Waals surface area contributed by atoms with Gasteiger partial charge >= 0.3 is 0 Å². The minimum atomic E-state index is -1.52. The van der Waals surface area contributed by atoms with Crippen LogP contribution in [-0.4, -0.2) is 123 Å². The topological polar surface area (TPSA) is 135 Å². The zero-order valence-corrected chi connectivity index (χ0v) is 41.6. The van der Waals surface area contributed by atoms with Crippen LogP contribution in [0.25, 0.3) is 0 Å². The van der Waals surface area contributed by atoms with Crippen molar-refractivity contribution in [1.29, 1.82) is 0 Å². The first-order chi connectivity index (χ1) is 30.9. The van der Waals surface area contributed by atoms with Crippen LogP contribution in [0.2, 0.25) is 0 Å². The van der Waals surface area contributed by atoms with Crippen molar-refractivity contribution >= 4 is 0 Å². The van der Waals surface area contributed by atoms with Gasteiger partial charge in [-0.25, -0.2) is 0 Å². The van der Waals surface area contributed by atoms with Crippen molar-refractivity contribution in [1.82, 2.24) is 0 Å². The van der Waals surface area contributed by atoms with E-state index in [-0.39, 0.29) is 6.61 Å². The summed E-state index contributed by atoms with van der Waals surface area (Å²) in [5.41, 5.74) is 0. The summed E-state index contributed by atoms with van der Waals surface area (Å²) in [6, 6.07) is 0. The van der Waals surface area contributed by atoms with Crippen molar-refractivity contribution in [2.75, 3.05) is 52.9 Å². The number of aliphatic hydroxyl groups is 3. The monoisotopic (exact) mass is 903 g/mol. The Morgan fingerprint density at radius 2 is 0.825 bits per heavy atom. The maximum atomic E-state index is 11.6. The van der Waals surface area contributed by atoms with E-state index in [0.717, 1.165) is 77.0 Å². The maximum Gasteiger partial charge on any atom is 0.224 e. The molecule has 0 aromatic heterocycles. The second-order valence-corrected chi connectivity index (χ2v) is 18.7. The standard InChI is InChI=1S/C52H102O11/c1-6-11-16-21-26-31-36-56-42-45-48(58-38-33-28-23-18-13-8-3)50(60-40-35-30-25-20-15-10-5)52(62-45,43-57-37-32-27-22-17-12-7-2)63-51-49(47(55)46(54)44(41-53)61-51)59-39-34-29-24-19-14-9-4/h44-51,53-55H,6-43H2,1-5H3/t44-,45-,46-,47+,48-,49-,50+,51-,52+/m1/s1. The molecule has 2 rings (SSSR count). The molecule has 2 aliphatic heterocycles. The van der Waals surface area contributed by atoms with Crippen LogP contribution < -0.4 is 0 Å². The number of unbranched alkanes of at least 4 members (excludes halogenated alkanes) is 25. The molecule has 63 heavy (non-hydrogen) atoms. The third kappa shape index (κ3) is 24.9. The van der Waals surface area contributed by atoms with Gasteiger partial charge in [0.1, 0.15) is 49.3 Å². The molecule has 0 aromatic carbocycles. The van der Waals surface area contributed by atoms with E-state index in [1.165, 1.54) is 116 Å². The first-order valence-corrected chi connectivity index (χ1v) is 26.9. The van der Waals surface area contributed by atoms with Crippen LogP contribution in [0.1, 0.15) is 227 Å². The molecule has 2 fully saturated rings. The molecular weight excluding hydrogens is 801 g/mol. The van der Waals surface area contributed by atoms with Crippen LogP contribution in [0, 0.1) is 0 Å². The second-order valence-electron chi connectivity index (χ2n) is 18.7. The van der Waals surface area contributed by atoms with E-state index in [9.17, 15) is 15.3 Å². The Hall–Kier alpha value is -0.440. The molecular formula is C52H102O11.